The fraction of sp³-hybridized carbons (Fsp3) is 0.611. The van der Waals surface area contributed by atoms with Gasteiger partial charge in [-0.15, -0.1) is 12.4 Å². The van der Waals surface area contributed by atoms with Gasteiger partial charge in [-0.05, 0) is 56.3 Å². The molecule has 6 heteroatoms. The number of carbonyl (C=O) groups is 1. The first-order valence-corrected chi connectivity index (χ1v) is 8.58. The van der Waals surface area contributed by atoms with Crippen molar-refractivity contribution in [1.82, 2.24) is 10.6 Å². The molecular formula is C18H27ClN2O3. The molecule has 1 aliphatic carbocycles. The average Bonchev–Trinajstić information content (AvgIpc) is 3.26. The van der Waals surface area contributed by atoms with E-state index in [1.807, 2.05) is 18.2 Å². The molecule has 1 amide bonds. The van der Waals surface area contributed by atoms with Crippen molar-refractivity contribution in [3.05, 3.63) is 23.8 Å². The predicted molar refractivity (Wildman–Crippen MR) is 95.9 cm³/mol. The van der Waals surface area contributed by atoms with Gasteiger partial charge in [0, 0.05) is 13.1 Å². The van der Waals surface area contributed by atoms with Crippen LogP contribution in [0.4, 0.5) is 0 Å². The Hall–Kier alpha value is -1.46. The highest BCUT2D eigenvalue weighted by Gasteiger charge is 2.22. The lowest BCUT2D eigenvalue weighted by Gasteiger charge is -2.17. The Kier molecular flexibility index (Phi) is 7.18. The van der Waals surface area contributed by atoms with Crippen LogP contribution in [0.1, 0.15) is 37.7 Å². The smallest absolute Gasteiger partial charge is 0.224 e. The van der Waals surface area contributed by atoms with Crippen LogP contribution in [-0.2, 0) is 11.3 Å². The van der Waals surface area contributed by atoms with Crippen LogP contribution >= 0.6 is 12.4 Å². The zero-order valence-electron chi connectivity index (χ0n) is 14.2. The van der Waals surface area contributed by atoms with Crippen LogP contribution in [-0.4, -0.2) is 32.2 Å². The molecule has 0 bridgehead atoms. The van der Waals surface area contributed by atoms with Crippen LogP contribution in [0.2, 0.25) is 0 Å². The molecule has 0 radical (unpaired) electrons. The number of halogens is 1. The van der Waals surface area contributed by atoms with Crippen molar-refractivity contribution in [1.29, 1.82) is 0 Å². The molecule has 1 heterocycles. The summed E-state index contributed by atoms with van der Waals surface area (Å²) in [5.74, 6) is 1.77. The lowest BCUT2D eigenvalue weighted by atomic mass is 10.1. The zero-order chi connectivity index (χ0) is 16.1. The Morgan fingerprint density at radius 3 is 2.71 bits per heavy atom. The molecule has 1 atom stereocenters. The summed E-state index contributed by atoms with van der Waals surface area (Å²) in [6.07, 6.45) is 5.90. The molecule has 2 aliphatic rings. The first kappa shape index (κ1) is 18.9. The van der Waals surface area contributed by atoms with E-state index in [9.17, 15) is 4.79 Å². The molecule has 1 saturated carbocycles. The Labute approximate surface area is 149 Å². The van der Waals surface area contributed by atoms with Crippen LogP contribution in [0.5, 0.6) is 11.5 Å². The Balaban J connectivity index is 0.00000208. The van der Waals surface area contributed by atoms with E-state index in [1.165, 1.54) is 12.8 Å². The number of hydrogen-bond acceptors (Lipinski definition) is 4. The van der Waals surface area contributed by atoms with Gasteiger partial charge in [0.15, 0.2) is 11.5 Å². The maximum atomic E-state index is 12.1. The van der Waals surface area contributed by atoms with Gasteiger partial charge < -0.3 is 20.1 Å². The first-order chi connectivity index (χ1) is 11.3. The van der Waals surface area contributed by atoms with E-state index in [1.54, 1.807) is 7.11 Å². The SMILES string of the molecule is COc1ccc(CNC(=O)C2CCNC2)cc1OC1CCCC1.Cl. The molecule has 1 aromatic carbocycles. The maximum Gasteiger partial charge on any atom is 0.224 e. The van der Waals surface area contributed by atoms with Crippen LogP contribution in [0, 0.1) is 5.92 Å². The molecule has 3 rings (SSSR count). The van der Waals surface area contributed by atoms with Crippen LogP contribution in [0.15, 0.2) is 18.2 Å². The second kappa shape index (κ2) is 9.14. The summed E-state index contributed by atoms with van der Waals surface area (Å²) in [5.41, 5.74) is 1.04. The van der Waals surface area contributed by atoms with Crippen molar-refractivity contribution in [2.24, 2.45) is 5.92 Å². The highest BCUT2D eigenvalue weighted by Crippen LogP contribution is 2.32. The van der Waals surface area contributed by atoms with Gasteiger partial charge in [0.1, 0.15) is 0 Å². The summed E-state index contributed by atoms with van der Waals surface area (Å²) in [4.78, 5) is 12.1. The molecule has 1 unspecified atom stereocenters. The fourth-order valence-electron chi connectivity index (χ4n) is 3.32. The molecule has 2 N–H and O–H groups in total. The van der Waals surface area contributed by atoms with E-state index in [2.05, 4.69) is 10.6 Å². The standard InChI is InChI=1S/C18H26N2O3.ClH/c1-22-16-7-6-13(10-17(16)23-15-4-2-3-5-15)11-20-18(21)14-8-9-19-12-14;/h6-7,10,14-15,19H,2-5,8-9,11-12H2,1H3,(H,20,21);1H. The number of rotatable bonds is 6. The molecule has 0 aromatic heterocycles. The summed E-state index contributed by atoms with van der Waals surface area (Å²) in [6.45, 7) is 2.24. The lowest BCUT2D eigenvalue weighted by Crippen LogP contribution is -2.31. The van der Waals surface area contributed by atoms with Crippen molar-refractivity contribution >= 4 is 18.3 Å². The molecular weight excluding hydrogens is 328 g/mol. The number of nitrogens with one attached hydrogen (secondary N) is 2. The lowest BCUT2D eigenvalue weighted by molar-refractivity contribution is -0.124. The number of amides is 1. The highest BCUT2D eigenvalue weighted by molar-refractivity contribution is 5.85. The van der Waals surface area contributed by atoms with Gasteiger partial charge in [0.2, 0.25) is 5.91 Å². The second-order valence-electron chi connectivity index (χ2n) is 6.42. The van der Waals surface area contributed by atoms with Crippen LogP contribution in [0.25, 0.3) is 0 Å². The summed E-state index contributed by atoms with van der Waals surface area (Å²) >= 11 is 0. The van der Waals surface area contributed by atoms with Gasteiger partial charge in [-0.1, -0.05) is 6.07 Å². The van der Waals surface area contributed by atoms with E-state index in [0.717, 1.165) is 49.4 Å². The summed E-state index contributed by atoms with van der Waals surface area (Å²) < 4.78 is 11.5. The van der Waals surface area contributed by atoms with E-state index < -0.39 is 0 Å². The Bertz CT molecular complexity index is 541. The van der Waals surface area contributed by atoms with Gasteiger partial charge >= 0.3 is 0 Å². The molecule has 2 fully saturated rings. The van der Waals surface area contributed by atoms with Gasteiger partial charge in [-0.2, -0.15) is 0 Å². The largest absolute Gasteiger partial charge is 0.493 e. The van der Waals surface area contributed by atoms with Crippen molar-refractivity contribution in [3.8, 4) is 11.5 Å². The van der Waals surface area contributed by atoms with Gasteiger partial charge in [-0.25, -0.2) is 0 Å². The fourth-order valence-corrected chi connectivity index (χ4v) is 3.32. The third-order valence-electron chi connectivity index (χ3n) is 4.72. The number of benzene rings is 1. The van der Waals surface area contributed by atoms with Crippen molar-refractivity contribution in [2.75, 3.05) is 20.2 Å². The second-order valence-corrected chi connectivity index (χ2v) is 6.42. The number of hydrogen-bond donors (Lipinski definition) is 2. The molecule has 1 aliphatic heterocycles. The summed E-state index contributed by atoms with van der Waals surface area (Å²) in [7, 11) is 1.66. The van der Waals surface area contributed by atoms with Gasteiger partial charge in [0.05, 0.1) is 19.1 Å². The third-order valence-corrected chi connectivity index (χ3v) is 4.72. The first-order valence-electron chi connectivity index (χ1n) is 8.58. The van der Waals surface area contributed by atoms with Gasteiger partial charge in [-0.3, -0.25) is 4.79 Å². The average molecular weight is 355 g/mol. The molecule has 1 aromatic rings. The van der Waals surface area contributed by atoms with Crippen LogP contribution < -0.4 is 20.1 Å². The Morgan fingerprint density at radius 2 is 2.04 bits per heavy atom. The quantitative estimate of drug-likeness (QED) is 0.824. The number of carbonyl (C=O) groups excluding carboxylic acids is 1. The van der Waals surface area contributed by atoms with Crippen molar-refractivity contribution in [3.63, 3.8) is 0 Å². The van der Waals surface area contributed by atoms with Crippen molar-refractivity contribution in [2.45, 2.75) is 44.8 Å². The van der Waals surface area contributed by atoms with E-state index in [0.29, 0.717) is 12.6 Å². The molecule has 0 spiro atoms. The topological polar surface area (TPSA) is 59.6 Å². The molecule has 134 valence electrons. The van der Waals surface area contributed by atoms with E-state index >= 15 is 0 Å². The van der Waals surface area contributed by atoms with Gasteiger partial charge in [0.25, 0.3) is 0 Å². The summed E-state index contributed by atoms with van der Waals surface area (Å²) in [5, 5.41) is 6.24. The molecule has 24 heavy (non-hydrogen) atoms. The zero-order valence-corrected chi connectivity index (χ0v) is 15.0. The summed E-state index contributed by atoms with van der Waals surface area (Å²) in [6, 6.07) is 5.89. The minimum atomic E-state index is 0. The minimum absolute atomic E-state index is 0. The molecule has 5 nitrogen and oxygen atoms in total. The normalized spacial score (nSPS) is 20.5. The van der Waals surface area contributed by atoms with Crippen molar-refractivity contribution < 1.29 is 14.3 Å². The Morgan fingerprint density at radius 1 is 1.25 bits per heavy atom. The third kappa shape index (κ3) is 4.77. The number of methoxy groups -OCH3 is 1. The van der Waals surface area contributed by atoms with Crippen LogP contribution in [0.3, 0.4) is 0 Å². The predicted octanol–water partition coefficient (Wildman–Crippen LogP) is 2.66. The minimum Gasteiger partial charge on any atom is -0.493 e. The monoisotopic (exact) mass is 354 g/mol. The molecule has 1 saturated heterocycles. The number of ether oxygens (including phenoxy) is 2. The van der Waals surface area contributed by atoms with E-state index in [4.69, 9.17) is 9.47 Å². The highest BCUT2D eigenvalue weighted by atomic mass is 35.5. The maximum absolute atomic E-state index is 12.1. The van der Waals surface area contributed by atoms with E-state index in [-0.39, 0.29) is 24.2 Å².